The fourth-order valence-electron chi connectivity index (χ4n) is 7.70. The number of ether oxygens (including phenoxy) is 2. The van der Waals surface area contributed by atoms with E-state index in [1.54, 1.807) is 13.1 Å². The predicted molar refractivity (Wildman–Crippen MR) is 172 cm³/mol. The van der Waals surface area contributed by atoms with Crippen LogP contribution in [0.4, 0.5) is 0 Å². The zero-order chi connectivity index (χ0) is 32.0. The molecule has 0 radical (unpaired) electrons. The summed E-state index contributed by atoms with van der Waals surface area (Å²) < 4.78 is 12.4. The Bertz CT molecular complexity index is 1320. The van der Waals surface area contributed by atoms with E-state index < -0.39 is 23.6 Å². The minimum atomic E-state index is -0.709. The molecule has 4 bridgehead atoms. The molecule has 2 aliphatic heterocycles. The van der Waals surface area contributed by atoms with Gasteiger partial charge >= 0.3 is 5.97 Å². The van der Waals surface area contributed by atoms with Crippen molar-refractivity contribution in [1.29, 1.82) is 0 Å². The Morgan fingerprint density at radius 2 is 2.09 bits per heavy atom. The maximum absolute atomic E-state index is 12.5. The quantitative estimate of drug-likeness (QED) is 0.0980. The Kier molecular flexibility index (Phi) is 11.0. The van der Waals surface area contributed by atoms with E-state index in [0.29, 0.717) is 36.5 Å². The van der Waals surface area contributed by atoms with Gasteiger partial charge in [-0.2, -0.15) is 0 Å². The number of rotatable bonds is 3. The summed E-state index contributed by atoms with van der Waals surface area (Å²) in [5, 5.41) is 39.6. The van der Waals surface area contributed by atoms with Gasteiger partial charge in [-0.1, -0.05) is 30.4 Å². The Hall–Kier alpha value is -3.26. The van der Waals surface area contributed by atoms with Crippen LogP contribution in [0.15, 0.2) is 29.3 Å². The van der Waals surface area contributed by atoms with E-state index in [1.165, 1.54) is 6.92 Å². The Labute approximate surface area is 266 Å². The monoisotopic (exact) mass is 622 g/mol. The number of carbonyl (C=O) groups is 1. The molecule has 1 fully saturated rings. The van der Waals surface area contributed by atoms with Crippen LogP contribution >= 0.6 is 0 Å². The van der Waals surface area contributed by atoms with Crippen molar-refractivity contribution in [3.05, 3.63) is 35.4 Å². The third kappa shape index (κ3) is 8.13. The summed E-state index contributed by atoms with van der Waals surface area (Å²) in [4.78, 5) is 16.6. The van der Waals surface area contributed by atoms with Crippen molar-refractivity contribution in [2.24, 2.45) is 28.0 Å². The number of aliphatic imine (C=N–C) groups is 1. The first-order valence-corrected chi connectivity index (χ1v) is 16.6. The van der Waals surface area contributed by atoms with Crippen molar-refractivity contribution in [2.45, 2.75) is 115 Å². The second kappa shape index (κ2) is 14.9. The normalized spacial score (nSPS) is 34.0. The number of carbonyl (C=O) groups excluding carboxylic acids is 1. The topological polar surface area (TPSA) is 159 Å². The van der Waals surface area contributed by atoms with Gasteiger partial charge in [0.2, 0.25) is 0 Å². The van der Waals surface area contributed by atoms with Crippen LogP contribution in [0.25, 0.3) is 0 Å². The number of nitrogens with zero attached hydrogens (tertiary/aromatic N) is 1. The molecule has 10 heteroatoms. The van der Waals surface area contributed by atoms with Crippen molar-refractivity contribution in [3.63, 3.8) is 0 Å². The van der Waals surface area contributed by atoms with Crippen molar-refractivity contribution >= 4 is 11.9 Å². The van der Waals surface area contributed by atoms with Crippen molar-refractivity contribution in [1.82, 2.24) is 10.6 Å². The zero-order valence-electron chi connectivity index (χ0n) is 26.6. The van der Waals surface area contributed by atoms with E-state index in [4.69, 9.17) is 15.2 Å². The van der Waals surface area contributed by atoms with Gasteiger partial charge in [0.15, 0.2) is 17.5 Å². The number of phenolic OH excluding ortho intramolecular Hbond substituents is 1. The molecule has 0 saturated carbocycles. The highest BCUT2D eigenvalue weighted by Gasteiger charge is 2.41. The number of esters is 1. The summed E-state index contributed by atoms with van der Waals surface area (Å²) in [5.74, 6) is 7.38. The Morgan fingerprint density at radius 3 is 2.87 bits per heavy atom. The smallest absolute Gasteiger partial charge is 0.302 e. The molecule has 1 saturated heterocycles. The zero-order valence-corrected chi connectivity index (χ0v) is 26.6. The largest absolute Gasteiger partial charge is 0.504 e. The Morgan fingerprint density at radius 1 is 1.24 bits per heavy atom. The maximum atomic E-state index is 12.5. The summed E-state index contributed by atoms with van der Waals surface area (Å²) in [6.07, 6.45) is 10.8. The molecule has 2 aliphatic carbocycles. The number of benzene rings is 1. The molecule has 10 nitrogen and oxygen atoms in total. The number of allylic oxidation sites excluding steroid dienone is 1. The third-order valence-electron chi connectivity index (χ3n) is 10.2. The first-order valence-electron chi connectivity index (χ1n) is 16.6. The molecule has 7 N–H and O–H groups in total. The van der Waals surface area contributed by atoms with Crippen LogP contribution in [0, 0.1) is 29.1 Å². The molecule has 1 aromatic carbocycles. The number of fused-ring (bicyclic) bond motifs is 5. The van der Waals surface area contributed by atoms with E-state index in [-0.39, 0.29) is 48.8 Å². The summed E-state index contributed by atoms with van der Waals surface area (Å²) >= 11 is 0. The number of piperidine rings is 1. The average molecular weight is 623 g/mol. The number of aliphatic hydroxyl groups is 2. The third-order valence-corrected chi connectivity index (χ3v) is 10.2. The van der Waals surface area contributed by atoms with Crippen molar-refractivity contribution < 1.29 is 29.6 Å². The van der Waals surface area contributed by atoms with Crippen LogP contribution in [0.3, 0.4) is 0 Å². The lowest BCUT2D eigenvalue weighted by Crippen LogP contribution is -2.50. The number of nitrogens with one attached hydrogen (secondary N) is 2. The van der Waals surface area contributed by atoms with Crippen LogP contribution in [-0.2, 0) is 22.6 Å². The molecule has 246 valence electrons. The second-order valence-electron chi connectivity index (χ2n) is 13.3. The molecular formula is C35H50N4O6. The van der Waals surface area contributed by atoms with Gasteiger partial charge in [0.05, 0.1) is 24.2 Å². The molecule has 0 unspecified atom stereocenters. The minimum absolute atomic E-state index is 0.00253. The number of hydrogen-bond acceptors (Lipinski definition) is 8. The van der Waals surface area contributed by atoms with E-state index in [1.807, 2.05) is 6.07 Å². The summed E-state index contributed by atoms with van der Waals surface area (Å²) in [5.41, 5.74) is 7.09. The number of hydrogen-bond donors (Lipinski definition) is 6. The predicted octanol–water partition coefficient (Wildman–Crippen LogP) is 3.06. The molecule has 8 atom stereocenters. The highest BCUT2D eigenvalue weighted by atomic mass is 16.5. The van der Waals surface area contributed by atoms with E-state index >= 15 is 0 Å². The van der Waals surface area contributed by atoms with Gasteiger partial charge in [0, 0.05) is 38.3 Å². The lowest BCUT2D eigenvalue weighted by Gasteiger charge is -2.40. The van der Waals surface area contributed by atoms with Gasteiger partial charge in [-0.3, -0.25) is 9.79 Å². The van der Waals surface area contributed by atoms with Gasteiger partial charge < -0.3 is 41.2 Å². The molecule has 0 aromatic heterocycles. The highest BCUT2D eigenvalue weighted by Crippen LogP contribution is 2.42. The highest BCUT2D eigenvalue weighted by molar-refractivity contribution is 5.78. The second-order valence-corrected chi connectivity index (χ2v) is 13.3. The number of nitrogens with two attached hydrogens (primary N) is 1. The first kappa shape index (κ1) is 33.1. The number of phenols is 1. The van der Waals surface area contributed by atoms with Crippen molar-refractivity contribution in [2.75, 3.05) is 13.6 Å². The summed E-state index contributed by atoms with van der Waals surface area (Å²) in [6.45, 7) is 1.98. The summed E-state index contributed by atoms with van der Waals surface area (Å²) in [7, 11) is 1.65. The standard InChI is InChI=1S/C35H50N4O6/c1-22(41)44-31-20-27(42)10-14-35(12-4-3-8-33(35)39-34(36)37-2)13-9-23-6-5-7-26-19-28(11-15-38-26)45-32-18-24(16-29(23)31)25(21-40)17-30(32)43/h3,8,17-18,23,26-29,31,33,38,40,42-43H,4-7,10-12,14-16,19-21H2,1-2H3,(H3,36,37,39)/t23-,26+,27-,28+,29-,31+,33-,35-/m0/s1. The van der Waals surface area contributed by atoms with Gasteiger partial charge in [-0.15, -0.1) is 0 Å². The van der Waals surface area contributed by atoms with Gasteiger partial charge in [-0.05, 0) is 87.6 Å². The summed E-state index contributed by atoms with van der Waals surface area (Å²) in [6, 6.07) is 3.53. The minimum Gasteiger partial charge on any atom is -0.504 e. The molecule has 45 heavy (non-hydrogen) atoms. The molecule has 4 aliphatic rings. The van der Waals surface area contributed by atoms with Crippen LogP contribution in [0.2, 0.25) is 0 Å². The van der Waals surface area contributed by atoms with E-state index in [0.717, 1.165) is 57.1 Å². The molecule has 0 amide bonds. The van der Waals surface area contributed by atoms with Gasteiger partial charge in [0.25, 0.3) is 0 Å². The van der Waals surface area contributed by atoms with Gasteiger partial charge in [-0.25, -0.2) is 0 Å². The lowest BCUT2D eigenvalue weighted by molar-refractivity contribution is -0.152. The van der Waals surface area contributed by atoms with Gasteiger partial charge in [0.1, 0.15) is 12.2 Å². The van der Waals surface area contributed by atoms with Crippen molar-refractivity contribution in [3.8, 4) is 23.3 Å². The lowest BCUT2D eigenvalue weighted by atomic mass is 9.68. The number of aromatic hydroxyl groups is 1. The van der Waals surface area contributed by atoms with Crippen LogP contribution < -0.4 is 21.1 Å². The van der Waals surface area contributed by atoms with Crippen LogP contribution in [0.1, 0.15) is 82.3 Å². The molecule has 1 aromatic rings. The SMILES string of the molecule is CN=C(N)N[C@H]1C=CCC[C@@]12C#C[C@@H]1CCC[C@@H]3C[C@@H](CCN3)Oc3cc(c(CO)cc3O)C[C@@H]1[C@H](OC(C)=O)C[C@@H](O)CC2. The first-order chi connectivity index (χ1) is 21.7. The maximum Gasteiger partial charge on any atom is 0.302 e. The molecule has 2 heterocycles. The number of aliphatic hydroxyl groups excluding tert-OH is 2. The number of guanidine groups is 1. The van der Waals surface area contributed by atoms with Crippen LogP contribution in [0.5, 0.6) is 11.5 Å². The average Bonchev–Trinajstić information content (AvgIpc) is 3.02. The van der Waals surface area contributed by atoms with Crippen LogP contribution in [-0.4, -0.2) is 71.2 Å². The molecule has 5 rings (SSSR count). The molecule has 1 spiro atoms. The van der Waals surface area contributed by atoms with E-state index in [2.05, 4.69) is 39.6 Å². The van der Waals surface area contributed by atoms with E-state index in [9.17, 15) is 20.1 Å². The molecular weight excluding hydrogens is 572 g/mol. The Balaban J connectivity index is 1.62. The fraction of sp³-hybridized carbons (Fsp3) is 0.657. The fourth-order valence-corrected chi connectivity index (χ4v) is 7.70.